The van der Waals surface area contributed by atoms with Crippen molar-refractivity contribution in [1.29, 1.82) is 0 Å². The molecule has 0 bridgehead atoms. The summed E-state index contributed by atoms with van der Waals surface area (Å²) in [6.45, 7) is -0.785. The highest BCUT2D eigenvalue weighted by Crippen LogP contribution is 2.20. The van der Waals surface area contributed by atoms with Gasteiger partial charge in [0.15, 0.2) is 24.0 Å². The van der Waals surface area contributed by atoms with Crippen LogP contribution in [0, 0.1) is 11.6 Å². The standard InChI is InChI=1S/C14H9ClF2N2O5/c15-8-5-10(17)9(16)4-7(8)14(22)24-6-12(20)18-19-13(21)11-2-1-3-23-11/h1-5H,6H2,(H,18,20)(H,19,21). The largest absolute Gasteiger partial charge is 0.459 e. The number of furan rings is 1. The number of hydrazine groups is 1. The van der Waals surface area contributed by atoms with Gasteiger partial charge in [0.2, 0.25) is 0 Å². The van der Waals surface area contributed by atoms with Crippen LogP contribution < -0.4 is 10.9 Å². The van der Waals surface area contributed by atoms with E-state index >= 15 is 0 Å². The van der Waals surface area contributed by atoms with Gasteiger partial charge in [-0.15, -0.1) is 0 Å². The van der Waals surface area contributed by atoms with Gasteiger partial charge in [0.1, 0.15) is 0 Å². The quantitative estimate of drug-likeness (QED) is 0.493. The van der Waals surface area contributed by atoms with Crippen LogP contribution >= 0.6 is 11.6 Å². The molecule has 0 unspecified atom stereocenters. The number of hydrogen-bond donors (Lipinski definition) is 2. The van der Waals surface area contributed by atoms with Crippen LogP contribution in [0.3, 0.4) is 0 Å². The average molecular weight is 359 g/mol. The van der Waals surface area contributed by atoms with Crippen LogP contribution in [0.5, 0.6) is 0 Å². The number of carbonyl (C=O) groups excluding carboxylic acids is 3. The number of hydrogen-bond acceptors (Lipinski definition) is 5. The molecule has 0 fully saturated rings. The third-order valence-electron chi connectivity index (χ3n) is 2.62. The van der Waals surface area contributed by atoms with Gasteiger partial charge in [-0.05, 0) is 24.3 Å². The molecule has 7 nitrogen and oxygen atoms in total. The molecule has 0 atom stereocenters. The number of carbonyl (C=O) groups is 3. The van der Waals surface area contributed by atoms with Crippen molar-refractivity contribution in [2.24, 2.45) is 0 Å². The van der Waals surface area contributed by atoms with Gasteiger partial charge in [0, 0.05) is 0 Å². The summed E-state index contributed by atoms with van der Waals surface area (Å²) in [7, 11) is 0. The van der Waals surface area contributed by atoms with Crippen molar-refractivity contribution < 1.29 is 32.3 Å². The molecule has 2 amide bonds. The SMILES string of the molecule is O=C(COC(=O)c1cc(F)c(F)cc1Cl)NNC(=O)c1ccco1. The second-order valence-electron chi connectivity index (χ2n) is 4.30. The molecule has 2 N–H and O–H groups in total. The smallest absolute Gasteiger partial charge is 0.340 e. The summed E-state index contributed by atoms with van der Waals surface area (Å²) in [4.78, 5) is 34.6. The number of halogens is 3. The number of amides is 2. The van der Waals surface area contributed by atoms with E-state index in [2.05, 4.69) is 4.74 Å². The molecule has 1 aromatic carbocycles. The molecule has 0 aliphatic rings. The van der Waals surface area contributed by atoms with Gasteiger partial charge in [0.05, 0.1) is 16.8 Å². The number of rotatable bonds is 4. The molecule has 10 heteroatoms. The molecule has 0 spiro atoms. The van der Waals surface area contributed by atoms with E-state index in [1.807, 2.05) is 10.9 Å². The summed E-state index contributed by atoms with van der Waals surface area (Å²) >= 11 is 5.60. The highest BCUT2D eigenvalue weighted by molar-refractivity contribution is 6.33. The molecule has 0 aliphatic carbocycles. The third kappa shape index (κ3) is 4.29. The summed E-state index contributed by atoms with van der Waals surface area (Å²) in [5.41, 5.74) is 3.55. The lowest BCUT2D eigenvalue weighted by Crippen LogP contribution is -2.43. The Balaban J connectivity index is 1.84. The van der Waals surface area contributed by atoms with Crippen LogP contribution in [0.25, 0.3) is 0 Å². The van der Waals surface area contributed by atoms with E-state index in [0.717, 1.165) is 0 Å². The predicted octanol–water partition coefficient (Wildman–Crippen LogP) is 1.83. The third-order valence-corrected chi connectivity index (χ3v) is 2.94. The van der Waals surface area contributed by atoms with Crippen LogP contribution in [-0.2, 0) is 9.53 Å². The molecular formula is C14H9ClF2N2O5. The Labute approximate surface area is 138 Å². The van der Waals surface area contributed by atoms with Crippen molar-refractivity contribution in [2.45, 2.75) is 0 Å². The maximum absolute atomic E-state index is 13.1. The minimum absolute atomic E-state index is 0.0409. The summed E-state index contributed by atoms with van der Waals surface area (Å²) in [6, 6.07) is 4.00. The van der Waals surface area contributed by atoms with Crippen molar-refractivity contribution in [3.05, 3.63) is 58.5 Å². The van der Waals surface area contributed by atoms with Crippen LogP contribution in [0.4, 0.5) is 8.78 Å². The maximum atomic E-state index is 13.1. The van der Waals surface area contributed by atoms with Crippen molar-refractivity contribution in [3.63, 3.8) is 0 Å². The molecule has 24 heavy (non-hydrogen) atoms. The number of ether oxygens (including phenoxy) is 1. The fraction of sp³-hybridized carbons (Fsp3) is 0.0714. The van der Waals surface area contributed by atoms with Crippen LogP contribution in [0.1, 0.15) is 20.9 Å². The van der Waals surface area contributed by atoms with E-state index in [9.17, 15) is 23.2 Å². The summed E-state index contributed by atoms with van der Waals surface area (Å²) in [5, 5.41) is -0.370. The fourth-order valence-electron chi connectivity index (χ4n) is 1.52. The van der Waals surface area contributed by atoms with Gasteiger partial charge in [0.25, 0.3) is 5.91 Å². The Morgan fingerprint density at radius 1 is 1.17 bits per heavy atom. The molecule has 2 rings (SSSR count). The molecule has 0 saturated carbocycles. The monoisotopic (exact) mass is 358 g/mol. The van der Waals surface area contributed by atoms with Crippen LogP contribution in [-0.4, -0.2) is 24.4 Å². The van der Waals surface area contributed by atoms with Gasteiger partial charge in [-0.25, -0.2) is 13.6 Å². The first-order valence-corrected chi connectivity index (χ1v) is 6.70. The normalized spacial score (nSPS) is 10.1. The molecular weight excluding hydrogens is 350 g/mol. The van der Waals surface area contributed by atoms with Crippen molar-refractivity contribution in [3.8, 4) is 0 Å². The van der Waals surface area contributed by atoms with E-state index in [4.69, 9.17) is 16.0 Å². The first-order chi connectivity index (χ1) is 11.4. The Bertz CT molecular complexity index is 780. The lowest BCUT2D eigenvalue weighted by atomic mass is 10.2. The van der Waals surface area contributed by atoms with Gasteiger partial charge in [-0.3, -0.25) is 20.4 Å². The van der Waals surface area contributed by atoms with Gasteiger partial charge >= 0.3 is 11.9 Å². The second kappa shape index (κ2) is 7.55. The zero-order valence-corrected chi connectivity index (χ0v) is 12.5. The maximum Gasteiger partial charge on any atom is 0.340 e. The lowest BCUT2D eigenvalue weighted by Gasteiger charge is -2.08. The molecule has 126 valence electrons. The van der Waals surface area contributed by atoms with E-state index in [1.54, 1.807) is 0 Å². The minimum Gasteiger partial charge on any atom is -0.459 e. The van der Waals surface area contributed by atoms with E-state index < -0.39 is 41.6 Å². The molecule has 1 aromatic heterocycles. The zero-order valence-electron chi connectivity index (χ0n) is 11.8. The summed E-state index contributed by atoms with van der Waals surface area (Å²) in [5.74, 6) is -5.28. The number of esters is 1. The molecule has 0 aliphatic heterocycles. The van der Waals surface area contributed by atoms with E-state index in [1.165, 1.54) is 18.4 Å². The van der Waals surface area contributed by atoms with E-state index in [0.29, 0.717) is 12.1 Å². The first-order valence-electron chi connectivity index (χ1n) is 6.33. The highest BCUT2D eigenvalue weighted by Gasteiger charge is 2.18. The predicted molar refractivity (Wildman–Crippen MR) is 76.0 cm³/mol. The molecule has 1 heterocycles. The summed E-state index contributed by atoms with van der Waals surface area (Å²) < 4.78 is 35.4. The topological polar surface area (TPSA) is 97.6 Å². The molecule has 0 saturated heterocycles. The minimum atomic E-state index is -1.29. The highest BCUT2D eigenvalue weighted by atomic mass is 35.5. The fourth-order valence-corrected chi connectivity index (χ4v) is 1.75. The van der Waals surface area contributed by atoms with Crippen LogP contribution in [0.2, 0.25) is 5.02 Å². The van der Waals surface area contributed by atoms with Gasteiger partial charge < -0.3 is 9.15 Å². The van der Waals surface area contributed by atoms with Crippen molar-refractivity contribution in [1.82, 2.24) is 10.9 Å². The van der Waals surface area contributed by atoms with Crippen LogP contribution in [0.15, 0.2) is 34.9 Å². The Morgan fingerprint density at radius 2 is 1.88 bits per heavy atom. The Hall–Kier alpha value is -2.94. The molecule has 2 aromatic rings. The number of benzene rings is 1. The lowest BCUT2D eigenvalue weighted by molar-refractivity contribution is -0.125. The Morgan fingerprint density at radius 3 is 2.54 bits per heavy atom. The van der Waals surface area contributed by atoms with E-state index in [-0.39, 0.29) is 10.8 Å². The van der Waals surface area contributed by atoms with Gasteiger partial charge in [-0.2, -0.15) is 0 Å². The van der Waals surface area contributed by atoms with Gasteiger partial charge in [-0.1, -0.05) is 11.6 Å². The summed E-state index contributed by atoms with van der Waals surface area (Å²) in [6.07, 6.45) is 1.27. The first kappa shape index (κ1) is 17.4. The second-order valence-corrected chi connectivity index (χ2v) is 4.71. The average Bonchev–Trinajstić information content (AvgIpc) is 3.08. The Kier molecular flexibility index (Phi) is 5.48. The van der Waals surface area contributed by atoms with Crippen molar-refractivity contribution in [2.75, 3.05) is 6.61 Å². The van der Waals surface area contributed by atoms with Crippen molar-refractivity contribution >= 4 is 29.4 Å². The number of nitrogens with one attached hydrogen (secondary N) is 2. The molecule has 0 radical (unpaired) electrons. The zero-order chi connectivity index (χ0) is 17.7.